The molecule has 8 aromatic rings. The van der Waals surface area contributed by atoms with Gasteiger partial charge in [0.2, 0.25) is 5.95 Å². The molecule has 0 radical (unpaired) electrons. The maximum absolute atomic E-state index is 15.8. The van der Waals surface area contributed by atoms with Gasteiger partial charge < -0.3 is 14.4 Å². The van der Waals surface area contributed by atoms with Gasteiger partial charge in [0.1, 0.15) is 57.6 Å². The predicted octanol–water partition coefficient (Wildman–Crippen LogP) is 6.82. The molecule has 0 unspecified atom stereocenters. The molecule has 356 valence electrons. The lowest BCUT2D eigenvalue weighted by Gasteiger charge is -2.28. The van der Waals surface area contributed by atoms with Gasteiger partial charge in [-0.05, 0) is 56.2 Å². The number of halogens is 6. The van der Waals surface area contributed by atoms with Gasteiger partial charge in [-0.25, -0.2) is 38.7 Å². The summed E-state index contributed by atoms with van der Waals surface area (Å²) in [4.78, 5) is 57.4. The molecule has 8 heterocycles. The molecular weight excluding hydrogens is 929 g/mol. The number of hydrogen-bond donors (Lipinski definition) is 0. The van der Waals surface area contributed by atoms with Crippen LogP contribution in [0.25, 0.3) is 44.6 Å². The summed E-state index contributed by atoms with van der Waals surface area (Å²) in [5.74, 6) is -0.631. The molecule has 17 nitrogen and oxygen atoms in total. The summed E-state index contributed by atoms with van der Waals surface area (Å²) >= 11 is 6.05. The monoisotopic (exact) mass is 969 g/mol. The maximum atomic E-state index is 15.8. The number of ether oxygens (including phenoxy) is 2. The predicted molar refractivity (Wildman–Crippen MR) is 242 cm³/mol. The third-order valence-corrected chi connectivity index (χ3v) is 12.8. The summed E-state index contributed by atoms with van der Waals surface area (Å²) in [6.07, 6.45) is 2.83. The molecule has 0 aliphatic carbocycles. The highest BCUT2D eigenvalue weighted by atomic mass is 35.5. The molecule has 2 fully saturated rings. The Kier molecular flexibility index (Phi) is 11.7. The average Bonchev–Trinajstić information content (AvgIpc) is 4.10. The minimum Gasteiger partial charge on any atom is -0.485 e. The molecule has 2 aliphatic heterocycles. The Labute approximate surface area is 393 Å². The molecule has 0 saturated carbocycles. The molecule has 2 saturated heterocycles. The van der Waals surface area contributed by atoms with Crippen LogP contribution in [0.1, 0.15) is 59.9 Å². The van der Waals surface area contributed by atoms with Gasteiger partial charge in [0.25, 0.3) is 11.1 Å². The van der Waals surface area contributed by atoms with Crippen molar-refractivity contribution in [3.8, 4) is 28.3 Å². The van der Waals surface area contributed by atoms with Gasteiger partial charge in [0, 0.05) is 87.5 Å². The van der Waals surface area contributed by atoms with Crippen LogP contribution in [0.3, 0.4) is 0 Å². The van der Waals surface area contributed by atoms with Crippen molar-refractivity contribution >= 4 is 39.6 Å². The third kappa shape index (κ3) is 8.77. The molecule has 2 aliphatic rings. The van der Waals surface area contributed by atoms with E-state index in [2.05, 4.69) is 25.1 Å². The molecule has 0 spiro atoms. The van der Waals surface area contributed by atoms with Gasteiger partial charge in [-0.2, -0.15) is 23.4 Å². The largest absolute Gasteiger partial charge is 0.485 e. The minimum atomic E-state index is -4.79. The van der Waals surface area contributed by atoms with E-state index >= 15 is 8.78 Å². The first-order chi connectivity index (χ1) is 33.0. The van der Waals surface area contributed by atoms with E-state index in [0.29, 0.717) is 56.6 Å². The van der Waals surface area contributed by atoms with E-state index in [1.54, 1.807) is 42.8 Å². The smallest absolute Gasteiger partial charge is 0.416 e. The lowest BCUT2D eigenvalue weighted by Crippen LogP contribution is -2.28. The van der Waals surface area contributed by atoms with Crippen LogP contribution in [-0.4, -0.2) is 84.4 Å². The number of aromatic nitrogens is 12. The van der Waals surface area contributed by atoms with Crippen LogP contribution in [0, 0.1) is 18.6 Å². The van der Waals surface area contributed by atoms with Crippen LogP contribution in [0.4, 0.5) is 27.9 Å². The Morgan fingerprint density at radius 2 is 1.54 bits per heavy atom. The zero-order valence-corrected chi connectivity index (χ0v) is 38.1. The van der Waals surface area contributed by atoms with Gasteiger partial charge in [-0.1, -0.05) is 11.6 Å². The molecule has 10 rings (SSSR count). The van der Waals surface area contributed by atoms with Crippen molar-refractivity contribution in [2.75, 3.05) is 24.6 Å². The van der Waals surface area contributed by atoms with Crippen LogP contribution in [-0.2, 0) is 45.0 Å². The highest BCUT2D eigenvalue weighted by Crippen LogP contribution is 2.39. The Morgan fingerprint density at radius 1 is 0.812 bits per heavy atom. The van der Waals surface area contributed by atoms with Crippen molar-refractivity contribution in [3.63, 3.8) is 0 Å². The SMILES string of the molecule is Cc1nc2c(-c3ccc(Cl)cc3F)nc(N3CC[C@@H](Oc4cnn(CCc5nc6c(-c7ccc(C(F)(F)F)cc7F)nc([C@@H]7CCO[C@H](c8cnn(C)c8)C7)nc6c(=O)n5C)c4)C3)nc2c(=O)n1C. The normalized spacial score (nSPS) is 17.7. The number of rotatable bonds is 10. The second-order valence-electron chi connectivity index (χ2n) is 17.1. The summed E-state index contributed by atoms with van der Waals surface area (Å²) < 4.78 is 90.3. The fourth-order valence-electron chi connectivity index (χ4n) is 8.75. The fourth-order valence-corrected chi connectivity index (χ4v) is 8.91. The van der Waals surface area contributed by atoms with Crippen molar-refractivity contribution in [1.82, 2.24) is 58.6 Å². The van der Waals surface area contributed by atoms with Gasteiger partial charge in [-0.3, -0.25) is 28.1 Å². The number of anilines is 1. The third-order valence-electron chi connectivity index (χ3n) is 12.6. The van der Waals surface area contributed by atoms with E-state index < -0.39 is 34.5 Å². The molecule has 0 amide bonds. The topological polar surface area (TPSA) is 179 Å². The van der Waals surface area contributed by atoms with Crippen LogP contribution in [0.15, 0.2) is 70.8 Å². The molecule has 0 bridgehead atoms. The molecule has 3 atom stereocenters. The van der Waals surface area contributed by atoms with Crippen LogP contribution in [0.2, 0.25) is 5.02 Å². The summed E-state index contributed by atoms with van der Waals surface area (Å²) in [7, 11) is 4.90. The number of aryl methyl sites for hydroxylation is 4. The highest BCUT2D eigenvalue weighted by molar-refractivity contribution is 6.30. The second kappa shape index (κ2) is 17.7. The first kappa shape index (κ1) is 45.6. The Balaban J connectivity index is 0.897. The molecule has 0 N–H and O–H groups in total. The van der Waals surface area contributed by atoms with Crippen molar-refractivity contribution < 1.29 is 31.4 Å². The maximum Gasteiger partial charge on any atom is 0.416 e. The van der Waals surface area contributed by atoms with Crippen molar-refractivity contribution in [2.45, 2.75) is 63.5 Å². The van der Waals surface area contributed by atoms with Crippen LogP contribution in [0.5, 0.6) is 5.75 Å². The van der Waals surface area contributed by atoms with Crippen molar-refractivity contribution in [1.29, 1.82) is 0 Å². The van der Waals surface area contributed by atoms with Gasteiger partial charge in [0.15, 0.2) is 16.8 Å². The first-order valence-electron chi connectivity index (χ1n) is 21.9. The Morgan fingerprint density at radius 3 is 2.28 bits per heavy atom. The lowest BCUT2D eigenvalue weighted by atomic mass is 9.92. The quantitative estimate of drug-likeness (QED) is 0.131. The number of fused-ring (bicyclic) bond motifs is 2. The van der Waals surface area contributed by atoms with E-state index in [1.807, 2.05) is 11.1 Å². The van der Waals surface area contributed by atoms with E-state index in [0.717, 1.165) is 17.7 Å². The van der Waals surface area contributed by atoms with Gasteiger partial charge in [-0.15, -0.1) is 0 Å². The van der Waals surface area contributed by atoms with Crippen molar-refractivity contribution in [2.24, 2.45) is 21.1 Å². The molecule has 69 heavy (non-hydrogen) atoms. The lowest BCUT2D eigenvalue weighted by molar-refractivity contribution is -0.137. The standard InChI is InChI=1S/C46H41ClF5N13O4/c1-23-55-38-37(31-8-6-27(47)17-33(31)49)59-45(60-41(38)43(66)62(23)3)64-12-9-28(21-64)69-29-19-54-65(22-29)13-10-35-56-39-36(30-7-5-26(16-32(30)48)46(50,51)52)57-42(58-40(39)44(67)63(35)4)24-11-14-68-34(15-24)25-18-53-61(2)20-25/h5-8,16-20,22,24,28,34H,9-15,21H2,1-4H3/t24-,28-,34+/m1/s1. The van der Waals surface area contributed by atoms with E-state index in [-0.39, 0.29) is 98.3 Å². The summed E-state index contributed by atoms with van der Waals surface area (Å²) in [5.41, 5.74) is -1.38. The Hall–Kier alpha value is -7.20. The van der Waals surface area contributed by atoms with Gasteiger partial charge in [0.05, 0.1) is 36.8 Å². The minimum absolute atomic E-state index is 0.0343. The second-order valence-corrected chi connectivity index (χ2v) is 17.6. The number of nitrogens with zero attached hydrogens (tertiary/aromatic N) is 13. The molecule has 23 heteroatoms. The molecule has 6 aromatic heterocycles. The summed E-state index contributed by atoms with van der Waals surface area (Å²) in [6.45, 7) is 2.99. The molecular formula is C46H41ClF5N13O4. The number of benzene rings is 2. The van der Waals surface area contributed by atoms with E-state index in [9.17, 15) is 22.8 Å². The first-order valence-corrected chi connectivity index (χ1v) is 22.3. The molecule has 2 aromatic carbocycles. The summed E-state index contributed by atoms with van der Waals surface area (Å²) in [5, 5.41) is 8.89. The fraction of sp³-hybridized carbons (Fsp3) is 0.348. The summed E-state index contributed by atoms with van der Waals surface area (Å²) in [6, 6.07) is 6.35. The van der Waals surface area contributed by atoms with Crippen LogP contribution >= 0.6 is 11.6 Å². The van der Waals surface area contributed by atoms with Crippen LogP contribution < -0.4 is 20.8 Å². The zero-order chi connectivity index (χ0) is 48.5. The number of hydrogen-bond acceptors (Lipinski definition) is 13. The van der Waals surface area contributed by atoms with Crippen molar-refractivity contribution in [3.05, 3.63) is 127 Å². The van der Waals surface area contributed by atoms with E-state index in [4.69, 9.17) is 36.0 Å². The van der Waals surface area contributed by atoms with E-state index in [1.165, 1.54) is 40.6 Å². The van der Waals surface area contributed by atoms with Gasteiger partial charge >= 0.3 is 6.18 Å². The average molecular weight is 970 g/mol. The Bertz CT molecular complexity index is 3450. The number of alkyl halides is 3. The highest BCUT2D eigenvalue weighted by Gasteiger charge is 2.34. The zero-order valence-electron chi connectivity index (χ0n) is 37.4.